The van der Waals surface area contributed by atoms with Gasteiger partial charge in [-0.3, -0.25) is 0 Å². The van der Waals surface area contributed by atoms with E-state index < -0.39 is 0 Å². The summed E-state index contributed by atoms with van der Waals surface area (Å²) in [6.07, 6.45) is 21.0. The summed E-state index contributed by atoms with van der Waals surface area (Å²) in [5, 5.41) is 0. The van der Waals surface area contributed by atoms with Crippen molar-refractivity contribution in [2.24, 2.45) is 5.73 Å². The average Bonchev–Trinajstić information content (AvgIpc) is 2.35. The number of unbranched alkanes of at least 4 members (excludes halogenated alkanes) is 10. The summed E-state index contributed by atoms with van der Waals surface area (Å²) in [4.78, 5) is 0. The Hall–Kier alpha value is -0.300. The molecule has 0 rings (SSSR count). The summed E-state index contributed by atoms with van der Waals surface area (Å²) >= 11 is 0. The van der Waals surface area contributed by atoms with Crippen molar-refractivity contribution in [3.63, 3.8) is 0 Å². The highest BCUT2D eigenvalue weighted by atomic mass is 14.5. The molecule has 0 aromatic carbocycles. The fourth-order valence-electron chi connectivity index (χ4n) is 2.08. The first-order valence-electron chi connectivity index (χ1n) is 7.77. The van der Waals surface area contributed by atoms with Gasteiger partial charge in [-0.25, -0.2) is 0 Å². The molecule has 0 fully saturated rings. The number of allylic oxidation sites excluding steroid dienone is 1. The van der Waals surface area contributed by atoms with Crippen molar-refractivity contribution in [3.05, 3.63) is 12.2 Å². The van der Waals surface area contributed by atoms with Crippen molar-refractivity contribution in [3.8, 4) is 0 Å². The Morgan fingerprint density at radius 1 is 0.647 bits per heavy atom. The lowest BCUT2D eigenvalue weighted by atomic mass is 10.1. The summed E-state index contributed by atoms with van der Waals surface area (Å²) in [5.41, 5.74) is 5.42. The molecular formula is C16H33N. The Morgan fingerprint density at radius 2 is 1.12 bits per heavy atom. The first-order chi connectivity index (χ1) is 8.41. The van der Waals surface area contributed by atoms with Crippen LogP contribution in [0.3, 0.4) is 0 Å². The number of hydrogen-bond donors (Lipinski definition) is 1. The van der Waals surface area contributed by atoms with Gasteiger partial charge in [0, 0.05) is 0 Å². The highest BCUT2D eigenvalue weighted by Crippen LogP contribution is 2.11. The van der Waals surface area contributed by atoms with E-state index in [-0.39, 0.29) is 0 Å². The van der Waals surface area contributed by atoms with E-state index in [0.717, 1.165) is 13.0 Å². The zero-order valence-electron chi connectivity index (χ0n) is 11.9. The molecule has 0 radical (unpaired) electrons. The van der Waals surface area contributed by atoms with E-state index in [0.29, 0.717) is 0 Å². The molecule has 0 amide bonds. The standard InChI is InChI=1S/C16H33N/c1-2-3-4-5-6-7-8-9-10-11-12-13-14-15-16-17/h13-14H,2-12,15-17H2,1H3. The predicted octanol–water partition coefficient (Wildman–Crippen LogP) is 5.20. The lowest BCUT2D eigenvalue weighted by Gasteiger charge is -2.01. The van der Waals surface area contributed by atoms with Crippen LogP contribution in [0.4, 0.5) is 0 Å². The van der Waals surface area contributed by atoms with Gasteiger partial charge in [-0.1, -0.05) is 76.9 Å². The minimum absolute atomic E-state index is 0.786. The maximum absolute atomic E-state index is 5.42. The molecule has 0 saturated heterocycles. The summed E-state index contributed by atoms with van der Waals surface area (Å²) in [6, 6.07) is 0. The quantitative estimate of drug-likeness (QED) is 0.347. The van der Waals surface area contributed by atoms with Gasteiger partial charge in [0.25, 0.3) is 0 Å². The van der Waals surface area contributed by atoms with E-state index >= 15 is 0 Å². The van der Waals surface area contributed by atoms with Crippen LogP contribution in [0.15, 0.2) is 12.2 Å². The first-order valence-corrected chi connectivity index (χ1v) is 7.77. The van der Waals surface area contributed by atoms with Gasteiger partial charge in [0.1, 0.15) is 0 Å². The first kappa shape index (κ1) is 16.7. The summed E-state index contributed by atoms with van der Waals surface area (Å²) in [5.74, 6) is 0. The van der Waals surface area contributed by atoms with E-state index in [4.69, 9.17) is 5.73 Å². The van der Waals surface area contributed by atoms with Crippen LogP contribution >= 0.6 is 0 Å². The molecule has 0 heterocycles. The predicted molar refractivity (Wildman–Crippen MR) is 79.3 cm³/mol. The number of hydrogen-bond acceptors (Lipinski definition) is 1. The second-order valence-electron chi connectivity index (χ2n) is 5.02. The molecule has 0 saturated carbocycles. The molecule has 0 aromatic heterocycles. The van der Waals surface area contributed by atoms with Crippen LogP contribution in [0, 0.1) is 0 Å². The highest BCUT2D eigenvalue weighted by molar-refractivity contribution is 4.81. The van der Waals surface area contributed by atoms with Gasteiger partial charge in [0.15, 0.2) is 0 Å². The fraction of sp³-hybridized carbons (Fsp3) is 0.875. The van der Waals surface area contributed by atoms with Crippen molar-refractivity contribution in [2.75, 3.05) is 6.54 Å². The highest BCUT2D eigenvalue weighted by Gasteiger charge is 1.91. The molecule has 0 aliphatic heterocycles. The topological polar surface area (TPSA) is 26.0 Å². The van der Waals surface area contributed by atoms with Gasteiger partial charge in [0.05, 0.1) is 0 Å². The van der Waals surface area contributed by atoms with Crippen molar-refractivity contribution in [2.45, 2.75) is 84.0 Å². The maximum Gasteiger partial charge on any atom is -0.00426 e. The van der Waals surface area contributed by atoms with Crippen LogP contribution in [0.5, 0.6) is 0 Å². The third-order valence-corrected chi connectivity index (χ3v) is 3.22. The van der Waals surface area contributed by atoms with E-state index in [1.54, 1.807) is 0 Å². The average molecular weight is 239 g/mol. The molecule has 102 valence electrons. The molecular weight excluding hydrogens is 206 g/mol. The van der Waals surface area contributed by atoms with Gasteiger partial charge in [-0.15, -0.1) is 0 Å². The number of nitrogens with two attached hydrogens (primary N) is 1. The fourth-order valence-corrected chi connectivity index (χ4v) is 2.08. The third-order valence-electron chi connectivity index (χ3n) is 3.22. The molecule has 0 aliphatic carbocycles. The monoisotopic (exact) mass is 239 g/mol. The van der Waals surface area contributed by atoms with Crippen LogP contribution in [0.1, 0.15) is 84.0 Å². The zero-order valence-corrected chi connectivity index (χ0v) is 11.9. The van der Waals surface area contributed by atoms with E-state index in [1.807, 2.05) is 0 Å². The number of rotatable bonds is 13. The lowest BCUT2D eigenvalue weighted by Crippen LogP contribution is -1.94. The van der Waals surface area contributed by atoms with Gasteiger partial charge in [-0.2, -0.15) is 0 Å². The van der Waals surface area contributed by atoms with Crippen molar-refractivity contribution >= 4 is 0 Å². The van der Waals surface area contributed by atoms with E-state index in [2.05, 4.69) is 19.1 Å². The Balaban J connectivity index is 2.94. The molecule has 17 heavy (non-hydrogen) atoms. The minimum Gasteiger partial charge on any atom is -0.330 e. The largest absolute Gasteiger partial charge is 0.330 e. The maximum atomic E-state index is 5.42. The van der Waals surface area contributed by atoms with E-state index in [1.165, 1.54) is 70.6 Å². The van der Waals surface area contributed by atoms with Crippen LogP contribution in [-0.2, 0) is 0 Å². The van der Waals surface area contributed by atoms with Crippen LogP contribution in [0.2, 0.25) is 0 Å². The Bertz CT molecular complexity index is 152. The summed E-state index contributed by atoms with van der Waals surface area (Å²) < 4.78 is 0. The van der Waals surface area contributed by atoms with E-state index in [9.17, 15) is 0 Å². The van der Waals surface area contributed by atoms with Gasteiger partial charge in [0.2, 0.25) is 0 Å². The third kappa shape index (κ3) is 15.7. The molecule has 0 aliphatic rings. The van der Waals surface area contributed by atoms with Gasteiger partial charge < -0.3 is 5.73 Å². The molecule has 1 heteroatoms. The van der Waals surface area contributed by atoms with Gasteiger partial charge >= 0.3 is 0 Å². The van der Waals surface area contributed by atoms with Gasteiger partial charge in [-0.05, 0) is 25.8 Å². The molecule has 0 spiro atoms. The SMILES string of the molecule is CCCCCCCCCCCCC=CCCN. The van der Waals surface area contributed by atoms with Crippen molar-refractivity contribution in [1.82, 2.24) is 0 Å². The van der Waals surface area contributed by atoms with Crippen molar-refractivity contribution < 1.29 is 0 Å². The van der Waals surface area contributed by atoms with Crippen LogP contribution in [0.25, 0.3) is 0 Å². The zero-order chi connectivity index (χ0) is 12.6. The second-order valence-corrected chi connectivity index (χ2v) is 5.02. The molecule has 0 unspecified atom stereocenters. The molecule has 2 N–H and O–H groups in total. The van der Waals surface area contributed by atoms with Crippen molar-refractivity contribution in [1.29, 1.82) is 0 Å². The molecule has 0 aromatic rings. The van der Waals surface area contributed by atoms with Crippen LogP contribution in [-0.4, -0.2) is 6.54 Å². The second kappa shape index (κ2) is 15.7. The molecule has 0 bridgehead atoms. The smallest absolute Gasteiger partial charge is 0.00426 e. The molecule has 1 nitrogen and oxygen atoms in total. The molecule has 0 atom stereocenters. The summed E-state index contributed by atoms with van der Waals surface area (Å²) in [7, 11) is 0. The minimum atomic E-state index is 0.786. The summed E-state index contributed by atoms with van der Waals surface area (Å²) in [6.45, 7) is 3.07. The lowest BCUT2D eigenvalue weighted by molar-refractivity contribution is 0.557. The van der Waals surface area contributed by atoms with Crippen LogP contribution < -0.4 is 5.73 Å². The Labute approximate surface area is 109 Å². The Morgan fingerprint density at radius 3 is 1.65 bits per heavy atom. The Kier molecular flexibility index (Phi) is 15.4. The normalized spacial score (nSPS) is 11.4.